The zero-order chi connectivity index (χ0) is 6.10. The molecular weight excluding hydrogens is 112 g/mol. The van der Waals surface area contributed by atoms with Gasteiger partial charge < -0.3 is 0 Å². The van der Waals surface area contributed by atoms with E-state index in [0.29, 0.717) is 6.04 Å². The maximum Gasteiger partial charge on any atom is 0.0866 e. The average molecular weight is 121 g/mol. The van der Waals surface area contributed by atoms with Crippen molar-refractivity contribution in [3.8, 4) is 0 Å². The Kier molecular flexibility index (Phi) is 1.04. The van der Waals surface area contributed by atoms with Gasteiger partial charge in [0.15, 0.2) is 0 Å². The van der Waals surface area contributed by atoms with Crippen LogP contribution < -0.4 is 0 Å². The molecule has 47 valence electrons. The van der Waals surface area contributed by atoms with Gasteiger partial charge in [-0.05, 0) is 25.3 Å². The van der Waals surface area contributed by atoms with Crippen molar-refractivity contribution in [1.29, 1.82) is 0 Å². The van der Waals surface area contributed by atoms with E-state index in [0.717, 1.165) is 0 Å². The summed E-state index contributed by atoms with van der Waals surface area (Å²) in [6.45, 7) is 0. The molecule has 0 unspecified atom stereocenters. The van der Waals surface area contributed by atoms with Crippen LogP contribution in [0.3, 0.4) is 0 Å². The fourth-order valence-corrected chi connectivity index (χ4v) is 1.08. The second kappa shape index (κ2) is 1.87. The molecule has 0 atom stereocenters. The maximum atomic E-state index is 4.10. The smallest absolute Gasteiger partial charge is 0.0866 e. The van der Waals surface area contributed by atoms with Gasteiger partial charge >= 0.3 is 0 Å². The summed E-state index contributed by atoms with van der Waals surface area (Å²) in [5.74, 6) is 0. The lowest BCUT2D eigenvalue weighted by Gasteiger charge is -2.24. The lowest BCUT2D eigenvalue weighted by molar-refractivity contribution is 0.288. The fourth-order valence-electron chi connectivity index (χ4n) is 1.08. The van der Waals surface area contributed by atoms with Gasteiger partial charge in [0.25, 0.3) is 0 Å². The highest BCUT2D eigenvalue weighted by Crippen LogP contribution is 2.29. The van der Waals surface area contributed by atoms with Crippen LogP contribution in [0.1, 0.15) is 25.3 Å². The van der Waals surface area contributed by atoms with Gasteiger partial charge in [0.05, 0.1) is 12.2 Å². The Morgan fingerprint density at radius 3 is 2.89 bits per heavy atom. The number of hydrogen-bond donors (Lipinski definition) is 0. The second-order valence-corrected chi connectivity index (χ2v) is 2.49. The van der Waals surface area contributed by atoms with Gasteiger partial charge in [-0.15, -0.1) is 0 Å². The molecule has 1 fully saturated rings. The summed E-state index contributed by atoms with van der Waals surface area (Å²) in [6, 6.07) is 2.53. The largest absolute Gasteiger partial charge is 0.260 e. The minimum Gasteiger partial charge on any atom is -0.260 e. The Morgan fingerprint density at radius 2 is 2.44 bits per heavy atom. The summed E-state index contributed by atoms with van der Waals surface area (Å²) in [7, 11) is 0. The molecule has 1 aliphatic rings. The van der Waals surface area contributed by atoms with E-state index in [1.165, 1.54) is 19.3 Å². The van der Waals surface area contributed by atoms with Crippen LogP contribution in [0.15, 0.2) is 12.3 Å². The quantitative estimate of drug-likeness (QED) is 0.549. The molecule has 1 radical (unpaired) electrons. The number of nitrogens with zero attached hydrogens (tertiary/aromatic N) is 2. The standard InChI is InChI=1S/C7H9N2/c1-3-7(4-1)9-6-2-5-8-9/h2,5,7H,1,3-4H2. The van der Waals surface area contributed by atoms with Gasteiger partial charge in [0.2, 0.25) is 0 Å². The molecule has 0 saturated heterocycles. The molecular formula is C7H9N2. The highest BCUT2D eigenvalue weighted by Gasteiger charge is 2.18. The number of hydrogen-bond acceptors (Lipinski definition) is 1. The Morgan fingerprint density at radius 1 is 1.56 bits per heavy atom. The zero-order valence-corrected chi connectivity index (χ0v) is 5.25. The van der Waals surface area contributed by atoms with Crippen molar-refractivity contribution in [3.63, 3.8) is 0 Å². The molecule has 0 bridgehead atoms. The van der Waals surface area contributed by atoms with Crippen LogP contribution in [-0.4, -0.2) is 9.78 Å². The minimum absolute atomic E-state index is 0.667. The highest BCUT2D eigenvalue weighted by atomic mass is 15.3. The molecule has 1 aromatic rings. The summed E-state index contributed by atoms with van der Waals surface area (Å²) in [6.07, 6.45) is 8.77. The molecule has 2 heteroatoms. The fraction of sp³-hybridized carbons (Fsp3) is 0.571. The molecule has 1 heterocycles. The second-order valence-electron chi connectivity index (χ2n) is 2.49. The molecule has 0 aromatic carbocycles. The first-order valence-corrected chi connectivity index (χ1v) is 3.38. The van der Waals surface area contributed by atoms with Crippen molar-refractivity contribution in [3.05, 3.63) is 18.5 Å². The molecule has 2 nitrogen and oxygen atoms in total. The van der Waals surface area contributed by atoms with E-state index < -0.39 is 0 Å². The van der Waals surface area contributed by atoms with Crippen molar-refractivity contribution in [1.82, 2.24) is 9.78 Å². The van der Waals surface area contributed by atoms with Crippen molar-refractivity contribution in [2.24, 2.45) is 0 Å². The Balaban J connectivity index is 2.14. The monoisotopic (exact) mass is 121 g/mol. The predicted molar refractivity (Wildman–Crippen MR) is 34.0 cm³/mol. The first-order valence-electron chi connectivity index (χ1n) is 3.38. The SMILES string of the molecule is [c]1ccnn1C1CCC1. The van der Waals surface area contributed by atoms with Gasteiger partial charge in [-0.1, -0.05) is 0 Å². The molecule has 0 amide bonds. The van der Waals surface area contributed by atoms with E-state index in [4.69, 9.17) is 0 Å². The summed E-state index contributed by atoms with van der Waals surface area (Å²) in [5, 5.41) is 4.10. The van der Waals surface area contributed by atoms with Crippen LogP contribution in [0.4, 0.5) is 0 Å². The topological polar surface area (TPSA) is 17.8 Å². The number of rotatable bonds is 1. The molecule has 2 rings (SSSR count). The van der Waals surface area contributed by atoms with E-state index in [1.54, 1.807) is 6.20 Å². The van der Waals surface area contributed by atoms with E-state index in [-0.39, 0.29) is 0 Å². The Bertz CT molecular complexity index is 175. The lowest BCUT2D eigenvalue weighted by Crippen LogP contribution is -2.17. The van der Waals surface area contributed by atoms with Crippen molar-refractivity contribution in [2.75, 3.05) is 0 Å². The summed E-state index contributed by atoms with van der Waals surface area (Å²) in [4.78, 5) is 0. The first-order chi connectivity index (χ1) is 4.47. The van der Waals surface area contributed by atoms with Crippen molar-refractivity contribution < 1.29 is 0 Å². The van der Waals surface area contributed by atoms with Crippen molar-refractivity contribution >= 4 is 0 Å². The number of aromatic nitrogens is 2. The molecule has 9 heavy (non-hydrogen) atoms. The van der Waals surface area contributed by atoms with Gasteiger partial charge in [0, 0.05) is 6.20 Å². The third kappa shape index (κ3) is 0.745. The van der Waals surface area contributed by atoms with Crippen LogP contribution in [-0.2, 0) is 0 Å². The Labute approximate surface area is 54.5 Å². The molecule has 0 aliphatic heterocycles. The minimum atomic E-state index is 0.667. The van der Waals surface area contributed by atoms with Crippen molar-refractivity contribution in [2.45, 2.75) is 25.3 Å². The average Bonchev–Trinajstić information content (AvgIpc) is 2.11. The van der Waals surface area contributed by atoms with Crippen LogP contribution in [0.25, 0.3) is 0 Å². The van der Waals surface area contributed by atoms with Gasteiger partial charge in [-0.3, -0.25) is 4.68 Å². The summed E-state index contributed by atoms with van der Waals surface area (Å²) >= 11 is 0. The van der Waals surface area contributed by atoms with Crippen LogP contribution in [0.2, 0.25) is 0 Å². The lowest BCUT2D eigenvalue weighted by atomic mass is 9.93. The van der Waals surface area contributed by atoms with Gasteiger partial charge in [-0.25, -0.2) is 0 Å². The predicted octanol–water partition coefficient (Wildman–Crippen LogP) is 1.41. The molecule has 0 N–H and O–H groups in total. The zero-order valence-electron chi connectivity index (χ0n) is 5.25. The molecule has 1 aliphatic carbocycles. The third-order valence-electron chi connectivity index (χ3n) is 1.89. The van der Waals surface area contributed by atoms with Crippen LogP contribution in [0, 0.1) is 6.20 Å². The molecule has 0 spiro atoms. The summed E-state index contributed by atoms with van der Waals surface area (Å²) in [5.41, 5.74) is 0. The Hall–Kier alpha value is -0.790. The van der Waals surface area contributed by atoms with E-state index in [2.05, 4.69) is 11.3 Å². The van der Waals surface area contributed by atoms with Gasteiger partial charge in [-0.2, -0.15) is 5.10 Å². The normalized spacial score (nSPS) is 19.6. The maximum absolute atomic E-state index is 4.10. The first kappa shape index (κ1) is 5.03. The molecule has 1 saturated carbocycles. The van der Waals surface area contributed by atoms with E-state index in [9.17, 15) is 0 Å². The van der Waals surface area contributed by atoms with Gasteiger partial charge in [0.1, 0.15) is 0 Å². The van der Waals surface area contributed by atoms with Crippen LogP contribution in [0.5, 0.6) is 0 Å². The van der Waals surface area contributed by atoms with E-state index >= 15 is 0 Å². The van der Waals surface area contributed by atoms with Crippen LogP contribution >= 0.6 is 0 Å². The highest BCUT2D eigenvalue weighted by molar-refractivity contribution is 4.82. The third-order valence-corrected chi connectivity index (χ3v) is 1.89. The summed E-state index contributed by atoms with van der Waals surface area (Å²) < 4.78 is 1.93. The van der Waals surface area contributed by atoms with E-state index in [1.807, 2.05) is 10.7 Å². The molecule has 1 aromatic heterocycles.